The van der Waals surface area contributed by atoms with E-state index in [4.69, 9.17) is 4.98 Å². The number of piperidine rings is 1. The maximum atomic E-state index is 12.7. The highest BCUT2D eigenvalue weighted by Crippen LogP contribution is 2.33. The molecule has 0 atom stereocenters. The van der Waals surface area contributed by atoms with Crippen LogP contribution >= 0.6 is 11.3 Å². The molecule has 5 heteroatoms. The van der Waals surface area contributed by atoms with E-state index in [2.05, 4.69) is 29.2 Å². The number of carbonyl (C=O) groups is 1. The van der Waals surface area contributed by atoms with Gasteiger partial charge in [-0.3, -0.25) is 9.69 Å². The van der Waals surface area contributed by atoms with Crippen molar-refractivity contribution in [1.82, 2.24) is 14.8 Å². The lowest BCUT2D eigenvalue weighted by atomic mass is 9.94. The van der Waals surface area contributed by atoms with E-state index < -0.39 is 0 Å². The monoisotopic (exact) mass is 371 g/mol. The summed E-state index contributed by atoms with van der Waals surface area (Å²) in [5.41, 5.74) is 1.12. The Kier molecular flexibility index (Phi) is 5.55. The Labute approximate surface area is 160 Å². The number of likely N-dealkylation sites (N-methyl/N-ethyl adjacent to an activating group) is 1. The Hall–Kier alpha value is -1.46. The summed E-state index contributed by atoms with van der Waals surface area (Å²) in [4.78, 5) is 21.9. The van der Waals surface area contributed by atoms with Crippen molar-refractivity contribution >= 4 is 27.5 Å². The fourth-order valence-corrected chi connectivity index (χ4v) is 5.51. The van der Waals surface area contributed by atoms with Crippen LogP contribution in [0.1, 0.15) is 55.9 Å². The van der Waals surface area contributed by atoms with E-state index in [1.807, 2.05) is 23.3 Å². The van der Waals surface area contributed by atoms with Gasteiger partial charge in [0.25, 0.3) is 0 Å². The highest BCUT2D eigenvalue weighted by atomic mass is 32.1. The molecular weight excluding hydrogens is 342 g/mol. The molecule has 1 aliphatic heterocycles. The first-order valence-corrected chi connectivity index (χ1v) is 10.9. The van der Waals surface area contributed by atoms with Crippen molar-refractivity contribution in [3.05, 3.63) is 29.3 Å². The average Bonchev–Trinajstić information content (AvgIpc) is 3.13. The molecule has 2 aliphatic rings. The Balaban J connectivity index is 1.29. The fourth-order valence-electron chi connectivity index (χ4n) is 4.38. The van der Waals surface area contributed by atoms with Gasteiger partial charge in [0.05, 0.1) is 21.8 Å². The van der Waals surface area contributed by atoms with Crippen molar-refractivity contribution in [3.63, 3.8) is 0 Å². The maximum Gasteiger partial charge on any atom is 0.236 e. The van der Waals surface area contributed by atoms with Gasteiger partial charge in [-0.15, -0.1) is 11.3 Å². The lowest BCUT2D eigenvalue weighted by molar-refractivity contribution is -0.134. The number of amides is 1. The van der Waals surface area contributed by atoms with Crippen LogP contribution in [0.3, 0.4) is 0 Å². The van der Waals surface area contributed by atoms with Gasteiger partial charge in [0.2, 0.25) is 5.91 Å². The quantitative estimate of drug-likeness (QED) is 0.805. The largest absolute Gasteiger partial charge is 0.342 e. The summed E-state index contributed by atoms with van der Waals surface area (Å²) in [6, 6.07) is 8.87. The number of aromatic nitrogens is 1. The number of likely N-dealkylation sites (tertiary alicyclic amines) is 1. The van der Waals surface area contributed by atoms with E-state index >= 15 is 0 Å². The molecule has 0 spiro atoms. The summed E-state index contributed by atoms with van der Waals surface area (Å²) in [7, 11) is 2.01. The van der Waals surface area contributed by atoms with Gasteiger partial charge >= 0.3 is 0 Å². The van der Waals surface area contributed by atoms with Crippen molar-refractivity contribution < 1.29 is 4.79 Å². The number of fused-ring (bicyclic) bond motifs is 1. The Bertz CT molecular complexity index is 712. The number of para-hydroxylation sites is 1. The third kappa shape index (κ3) is 3.94. The summed E-state index contributed by atoms with van der Waals surface area (Å²) in [6.07, 6.45) is 8.47. The molecule has 4 nitrogen and oxygen atoms in total. The molecule has 1 saturated heterocycles. The Morgan fingerprint density at radius 2 is 1.88 bits per heavy atom. The molecule has 0 unspecified atom stereocenters. The summed E-state index contributed by atoms with van der Waals surface area (Å²) in [5.74, 6) is 0.852. The second-order valence-electron chi connectivity index (χ2n) is 7.87. The van der Waals surface area contributed by atoms with Crippen LogP contribution in [0, 0.1) is 0 Å². The average molecular weight is 372 g/mol. The lowest BCUT2D eigenvalue weighted by Gasteiger charge is -2.35. The van der Waals surface area contributed by atoms with Crippen molar-refractivity contribution in [3.8, 4) is 0 Å². The molecule has 1 aromatic heterocycles. The zero-order valence-corrected chi connectivity index (χ0v) is 16.5. The predicted molar refractivity (Wildman–Crippen MR) is 108 cm³/mol. The third-order valence-corrected chi connectivity index (χ3v) is 7.32. The molecule has 1 amide bonds. The predicted octanol–water partition coefficient (Wildman–Crippen LogP) is 4.27. The minimum Gasteiger partial charge on any atom is -0.342 e. The SMILES string of the molecule is CN(C(=O)CN1CCC(c2nc3ccccc3s2)CC1)C1CCCCC1. The number of rotatable bonds is 4. The number of hydrogen-bond acceptors (Lipinski definition) is 4. The number of nitrogens with zero attached hydrogens (tertiary/aromatic N) is 3. The van der Waals surface area contributed by atoms with Crippen LogP contribution < -0.4 is 0 Å². The van der Waals surface area contributed by atoms with Gasteiger partial charge in [0, 0.05) is 19.0 Å². The molecule has 1 aromatic carbocycles. The summed E-state index contributed by atoms with van der Waals surface area (Å²) in [5, 5.41) is 1.27. The molecule has 1 saturated carbocycles. The summed E-state index contributed by atoms with van der Waals surface area (Å²) < 4.78 is 1.29. The minimum absolute atomic E-state index is 0.301. The number of benzene rings is 1. The van der Waals surface area contributed by atoms with Gasteiger partial charge in [0.15, 0.2) is 0 Å². The summed E-state index contributed by atoms with van der Waals surface area (Å²) >= 11 is 1.84. The van der Waals surface area contributed by atoms with E-state index in [1.54, 1.807) is 0 Å². The number of thiazole rings is 1. The molecule has 2 fully saturated rings. The van der Waals surface area contributed by atoms with Gasteiger partial charge in [-0.25, -0.2) is 4.98 Å². The topological polar surface area (TPSA) is 36.4 Å². The molecule has 26 heavy (non-hydrogen) atoms. The molecule has 140 valence electrons. The standard InChI is InChI=1S/C21H29N3OS/c1-23(17-7-3-2-4-8-17)20(25)15-24-13-11-16(12-14-24)21-22-18-9-5-6-10-19(18)26-21/h5-6,9-10,16-17H,2-4,7-8,11-15H2,1H3. The first-order valence-electron chi connectivity index (χ1n) is 10.0. The second kappa shape index (κ2) is 8.05. The molecule has 2 heterocycles. The van der Waals surface area contributed by atoms with E-state index in [-0.39, 0.29) is 0 Å². The fraction of sp³-hybridized carbons (Fsp3) is 0.619. The van der Waals surface area contributed by atoms with Crippen molar-refractivity contribution in [2.75, 3.05) is 26.7 Å². The van der Waals surface area contributed by atoms with Crippen LogP contribution in [-0.4, -0.2) is 53.4 Å². The normalized spacial score (nSPS) is 20.5. The molecule has 0 radical (unpaired) electrons. The van der Waals surface area contributed by atoms with E-state index in [1.165, 1.54) is 41.8 Å². The van der Waals surface area contributed by atoms with Crippen LogP contribution in [0.5, 0.6) is 0 Å². The van der Waals surface area contributed by atoms with Crippen LogP contribution in [0.2, 0.25) is 0 Å². The number of carbonyl (C=O) groups excluding carboxylic acids is 1. The Morgan fingerprint density at radius 3 is 2.62 bits per heavy atom. The van der Waals surface area contributed by atoms with Gasteiger partial charge < -0.3 is 4.90 Å². The molecule has 4 rings (SSSR count). The van der Waals surface area contributed by atoms with Crippen LogP contribution in [-0.2, 0) is 4.79 Å². The van der Waals surface area contributed by atoms with Gasteiger partial charge in [-0.1, -0.05) is 31.4 Å². The molecular formula is C21H29N3OS. The van der Waals surface area contributed by atoms with Gasteiger partial charge in [-0.2, -0.15) is 0 Å². The smallest absolute Gasteiger partial charge is 0.236 e. The van der Waals surface area contributed by atoms with Crippen LogP contribution in [0.4, 0.5) is 0 Å². The lowest BCUT2D eigenvalue weighted by Crippen LogP contribution is -2.45. The van der Waals surface area contributed by atoms with Crippen LogP contribution in [0.15, 0.2) is 24.3 Å². The third-order valence-electron chi connectivity index (χ3n) is 6.12. The zero-order chi connectivity index (χ0) is 17.9. The van der Waals surface area contributed by atoms with E-state index in [0.29, 0.717) is 24.4 Å². The summed E-state index contributed by atoms with van der Waals surface area (Å²) in [6.45, 7) is 2.59. The maximum absolute atomic E-state index is 12.7. The van der Waals surface area contributed by atoms with Gasteiger partial charge in [-0.05, 0) is 50.9 Å². The van der Waals surface area contributed by atoms with Crippen molar-refractivity contribution in [2.24, 2.45) is 0 Å². The van der Waals surface area contributed by atoms with Crippen molar-refractivity contribution in [2.45, 2.75) is 56.9 Å². The van der Waals surface area contributed by atoms with E-state index in [0.717, 1.165) is 31.4 Å². The Morgan fingerprint density at radius 1 is 1.15 bits per heavy atom. The molecule has 0 N–H and O–H groups in total. The van der Waals surface area contributed by atoms with Crippen LogP contribution in [0.25, 0.3) is 10.2 Å². The highest BCUT2D eigenvalue weighted by Gasteiger charge is 2.27. The second-order valence-corrected chi connectivity index (χ2v) is 8.93. The first kappa shape index (κ1) is 17.9. The van der Waals surface area contributed by atoms with Crippen molar-refractivity contribution in [1.29, 1.82) is 0 Å². The molecule has 2 aromatic rings. The molecule has 1 aliphatic carbocycles. The number of hydrogen-bond donors (Lipinski definition) is 0. The van der Waals surface area contributed by atoms with Gasteiger partial charge in [0.1, 0.15) is 0 Å². The highest BCUT2D eigenvalue weighted by molar-refractivity contribution is 7.18. The molecule has 0 bridgehead atoms. The van der Waals surface area contributed by atoms with E-state index in [9.17, 15) is 4.79 Å². The minimum atomic E-state index is 0.301. The zero-order valence-electron chi connectivity index (χ0n) is 15.7. The first-order chi connectivity index (χ1) is 12.7.